The van der Waals surface area contributed by atoms with Crippen LogP contribution in [0.4, 0.5) is 0 Å². The minimum Gasteiger partial charge on any atom is -0.493 e. The first kappa shape index (κ1) is 62.6. The van der Waals surface area contributed by atoms with Crippen LogP contribution in [0.1, 0.15) is 80.3 Å². The monoisotopic (exact) mass is 1160 g/mol. The SMILES string of the molecule is COc1cc(CCO[C@@H]2O[C@H](COC(C)=O)[C@@H](OC(C)=O)[C@H](O[C@@H]3O[C@@H](C)[C@H](OC(=O)c4ccccc4)[C@@H](OC(=O)c4ccccc4)[C@H]3O[C@@H]3OC[C@H](OC(C)=O)[C@H](OC(C)=O)[C@H]3OC(C)=O)[C@H]2OC(C)=O)ccc1OCc1ccccc1. The highest BCUT2D eigenvalue weighted by molar-refractivity contribution is 5.90. The van der Waals surface area contributed by atoms with Gasteiger partial charge < -0.3 is 75.8 Å². The zero-order valence-corrected chi connectivity index (χ0v) is 46.8. The molecule has 4 aromatic rings. The second-order valence-electron chi connectivity index (χ2n) is 19.3. The Morgan fingerprint density at radius 2 is 1.01 bits per heavy atom. The van der Waals surface area contributed by atoms with Gasteiger partial charge in [0.05, 0.1) is 37.6 Å². The third-order valence-electron chi connectivity index (χ3n) is 12.9. The molecule has 24 heteroatoms. The van der Waals surface area contributed by atoms with Crippen LogP contribution in [-0.4, -0.2) is 161 Å². The van der Waals surface area contributed by atoms with Crippen LogP contribution in [0.3, 0.4) is 0 Å². The van der Waals surface area contributed by atoms with Gasteiger partial charge >= 0.3 is 47.8 Å². The lowest BCUT2D eigenvalue weighted by molar-refractivity contribution is -0.380. The Morgan fingerprint density at radius 1 is 0.482 bits per heavy atom. The predicted molar refractivity (Wildman–Crippen MR) is 282 cm³/mol. The van der Waals surface area contributed by atoms with Gasteiger partial charge in [0.2, 0.25) is 0 Å². The quantitative estimate of drug-likeness (QED) is 0.0689. The highest BCUT2D eigenvalue weighted by atomic mass is 16.8. The standard InChI is InChI=1S/C59H66O24/c1-32-47(80-55(66)41-20-14-10-15-21-41)50(81-56(67)42-22-16-11-17-23-42)54(83-58-52(77-37(6)64)49(76-36(5)63)45(31-72-58)74-34(3)61)59(73-32)82-51-48(75-35(4)62)46(30-70-33(2)60)79-57(53(51)78-38(7)65)69-27-26-39-24-25-43(44(28-39)68-8)71-29-40-18-12-9-13-19-40/h9-25,28,32,45-54,57-59H,26-27,29-31H2,1-8H3/t32-,45-,46+,47-,48+,49-,50+,51-,52+,53+,54+,57+,58-,59-/m0/s1. The van der Waals surface area contributed by atoms with Gasteiger partial charge in [0, 0.05) is 41.5 Å². The molecule has 7 rings (SSSR count). The molecule has 4 aromatic carbocycles. The molecule has 3 aliphatic rings. The highest BCUT2D eigenvalue weighted by Crippen LogP contribution is 2.38. The summed E-state index contributed by atoms with van der Waals surface area (Å²) in [6.45, 7) is 6.95. The molecular formula is C59H66O24. The minimum absolute atomic E-state index is 0.0233. The molecule has 0 spiro atoms. The number of carbonyl (C=O) groups is 8. The fraction of sp³-hybridized carbons (Fsp3) is 0.458. The fourth-order valence-corrected chi connectivity index (χ4v) is 9.36. The molecule has 0 amide bonds. The maximum absolute atomic E-state index is 14.4. The van der Waals surface area contributed by atoms with Crippen LogP contribution in [-0.2, 0) is 108 Å². The van der Waals surface area contributed by atoms with Crippen LogP contribution >= 0.6 is 0 Å². The highest BCUT2D eigenvalue weighted by Gasteiger charge is 2.59. The summed E-state index contributed by atoms with van der Waals surface area (Å²) < 4.78 is 97.0. The Labute approximate surface area is 477 Å². The smallest absolute Gasteiger partial charge is 0.338 e. The molecule has 14 atom stereocenters. The van der Waals surface area contributed by atoms with Crippen molar-refractivity contribution >= 4 is 47.8 Å². The van der Waals surface area contributed by atoms with Crippen molar-refractivity contribution in [1.82, 2.24) is 0 Å². The van der Waals surface area contributed by atoms with Crippen molar-refractivity contribution < 1.29 is 114 Å². The van der Waals surface area contributed by atoms with Crippen molar-refractivity contribution in [2.45, 2.75) is 148 Å². The Kier molecular flexibility index (Phi) is 22.5. The van der Waals surface area contributed by atoms with E-state index in [0.29, 0.717) is 17.1 Å². The third kappa shape index (κ3) is 17.5. The van der Waals surface area contributed by atoms with E-state index in [9.17, 15) is 38.4 Å². The number of rotatable bonds is 23. The summed E-state index contributed by atoms with van der Waals surface area (Å²) in [5.41, 5.74) is 1.76. The van der Waals surface area contributed by atoms with E-state index in [1.54, 1.807) is 54.6 Å². The molecule has 0 saturated carbocycles. The largest absolute Gasteiger partial charge is 0.493 e. The van der Waals surface area contributed by atoms with E-state index in [4.69, 9.17) is 75.8 Å². The molecule has 0 aromatic heterocycles. The summed E-state index contributed by atoms with van der Waals surface area (Å²) in [4.78, 5) is 105. The second kappa shape index (κ2) is 29.8. The maximum Gasteiger partial charge on any atom is 0.338 e. The van der Waals surface area contributed by atoms with Crippen molar-refractivity contribution in [3.63, 3.8) is 0 Å². The van der Waals surface area contributed by atoms with Gasteiger partial charge in [-0.15, -0.1) is 0 Å². The number of hydrogen-bond acceptors (Lipinski definition) is 24. The number of ether oxygens (including phenoxy) is 16. The van der Waals surface area contributed by atoms with Crippen molar-refractivity contribution in [1.29, 1.82) is 0 Å². The van der Waals surface area contributed by atoms with Gasteiger partial charge in [-0.25, -0.2) is 9.59 Å². The van der Waals surface area contributed by atoms with E-state index in [1.165, 1.54) is 38.3 Å². The van der Waals surface area contributed by atoms with E-state index in [0.717, 1.165) is 47.1 Å². The first-order chi connectivity index (χ1) is 39.8. The minimum atomic E-state index is -1.94. The van der Waals surface area contributed by atoms with Gasteiger partial charge in [0.25, 0.3) is 0 Å². The van der Waals surface area contributed by atoms with Crippen molar-refractivity contribution in [2.24, 2.45) is 0 Å². The van der Waals surface area contributed by atoms with Crippen LogP contribution < -0.4 is 9.47 Å². The zero-order valence-electron chi connectivity index (χ0n) is 46.8. The van der Waals surface area contributed by atoms with Gasteiger partial charge in [0.1, 0.15) is 25.4 Å². The predicted octanol–water partition coefficient (Wildman–Crippen LogP) is 5.10. The Bertz CT molecular complexity index is 2850. The van der Waals surface area contributed by atoms with Gasteiger partial charge in [-0.2, -0.15) is 0 Å². The fourth-order valence-electron chi connectivity index (χ4n) is 9.36. The van der Waals surface area contributed by atoms with E-state index in [1.807, 2.05) is 30.3 Å². The number of carbonyl (C=O) groups excluding carboxylic acids is 8. The molecule has 0 N–H and O–H groups in total. The van der Waals surface area contributed by atoms with E-state index >= 15 is 0 Å². The first-order valence-corrected chi connectivity index (χ1v) is 26.5. The second-order valence-corrected chi connectivity index (χ2v) is 19.3. The molecule has 0 aliphatic carbocycles. The van der Waals surface area contributed by atoms with Crippen molar-refractivity contribution in [3.8, 4) is 11.5 Å². The van der Waals surface area contributed by atoms with Crippen molar-refractivity contribution in [2.75, 3.05) is 26.9 Å². The normalized spacial score (nSPS) is 26.6. The molecule has 3 saturated heterocycles. The van der Waals surface area contributed by atoms with Crippen LogP contribution in [0.5, 0.6) is 11.5 Å². The number of esters is 8. The van der Waals surface area contributed by atoms with Crippen molar-refractivity contribution in [3.05, 3.63) is 131 Å². The molecule has 0 bridgehead atoms. The molecule has 0 unspecified atom stereocenters. The molecule has 446 valence electrons. The van der Waals surface area contributed by atoms with Crippen LogP contribution in [0.2, 0.25) is 0 Å². The molecule has 3 fully saturated rings. The first-order valence-electron chi connectivity index (χ1n) is 26.5. The van der Waals surface area contributed by atoms with Gasteiger partial charge in [-0.1, -0.05) is 72.8 Å². The lowest BCUT2D eigenvalue weighted by Gasteiger charge is -2.50. The molecular weight excluding hydrogens is 1090 g/mol. The zero-order chi connectivity index (χ0) is 59.7. The summed E-state index contributed by atoms with van der Waals surface area (Å²) in [7, 11) is 1.49. The van der Waals surface area contributed by atoms with Crippen LogP contribution in [0.15, 0.2) is 109 Å². The average molecular weight is 1160 g/mol. The van der Waals surface area contributed by atoms with Gasteiger partial charge in [-0.3, -0.25) is 28.8 Å². The topological polar surface area (TPSA) is 284 Å². The number of hydrogen-bond donors (Lipinski definition) is 0. The Morgan fingerprint density at radius 3 is 1.58 bits per heavy atom. The number of benzene rings is 4. The Hall–Kier alpha value is -8.00. The molecule has 83 heavy (non-hydrogen) atoms. The molecule has 0 radical (unpaired) electrons. The van der Waals surface area contributed by atoms with Gasteiger partial charge in [-0.05, 0) is 60.9 Å². The summed E-state index contributed by atoms with van der Waals surface area (Å²) >= 11 is 0. The number of methoxy groups -OCH3 is 1. The summed E-state index contributed by atoms with van der Waals surface area (Å²) in [5, 5.41) is 0. The lowest BCUT2D eigenvalue weighted by atomic mass is 9.95. The van der Waals surface area contributed by atoms with Gasteiger partial charge in [0.15, 0.2) is 79.2 Å². The van der Waals surface area contributed by atoms with E-state index in [-0.39, 0.29) is 30.8 Å². The average Bonchev–Trinajstić information content (AvgIpc) is 3.61. The van der Waals surface area contributed by atoms with E-state index < -0.39 is 147 Å². The lowest BCUT2D eigenvalue weighted by Crippen LogP contribution is -2.68. The third-order valence-corrected chi connectivity index (χ3v) is 12.9. The van der Waals surface area contributed by atoms with E-state index in [2.05, 4.69) is 0 Å². The molecule has 3 aliphatic heterocycles. The molecule has 3 heterocycles. The van der Waals surface area contributed by atoms with Crippen LogP contribution in [0, 0.1) is 0 Å². The summed E-state index contributed by atoms with van der Waals surface area (Å²) in [6, 6.07) is 30.3. The van der Waals surface area contributed by atoms with Crippen LogP contribution in [0.25, 0.3) is 0 Å². The summed E-state index contributed by atoms with van der Waals surface area (Å²) in [5.74, 6) is -6.18. The molecule has 24 nitrogen and oxygen atoms in total. The summed E-state index contributed by atoms with van der Waals surface area (Å²) in [6.07, 6.45) is -23.1. The Balaban J connectivity index is 1.31. The maximum atomic E-state index is 14.4.